The number of benzene rings is 1. The van der Waals surface area contributed by atoms with E-state index in [0.717, 1.165) is 11.0 Å². The number of amides is 1. The molecule has 1 amide bonds. The molecule has 0 saturated carbocycles. The van der Waals surface area contributed by atoms with Crippen molar-refractivity contribution in [1.82, 2.24) is 4.90 Å². The van der Waals surface area contributed by atoms with Crippen molar-refractivity contribution in [3.63, 3.8) is 0 Å². The lowest BCUT2D eigenvalue weighted by Crippen LogP contribution is -2.30. The second-order valence-corrected chi connectivity index (χ2v) is 6.62. The first kappa shape index (κ1) is 16.8. The van der Waals surface area contributed by atoms with Crippen LogP contribution in [0.5, 0.6) is 0 Å². The van der Waals surface area contributed by atoms with Gasteiger partial charge in [-0.15, -0.1) is 0 Å². The largest absolute Gasteiger partial charge is 0.390 e. The maximum Gasteiger partial charge on any atom is 0.390 e. The van der Waals surface area contributed by atoms with Crippen LogP contribution in [0.2, 0.25) is 0 Å². The van der Waals surface area contributed by atoms with Crippen molar-refractivity contribution in [3.05, 3.63) is 29.8 Å². The van der Waals surface area contributed by atoms with Crippen molar-refractivity contribution in [3.8, 4) is 0 Å². The maximum absolute atomic E-state index is 12.1. The predicted octanol–water partition coefficient (Wildman–Crippen LogP) is 2.64. The number of rotatable bonds is 4. The number of hydrogen-bond acceptors (Lipinski definition) is 3. The SMILES string of the molecule is CN(CCC(F)(F)F)C(=O)c1cccc(S(=O)(=O)Cl)c1. The molecule has 20 heavy (non-hydrogen) atoms. The van der Waals surface area contributed by atoms with Gasteiger partial charge in [-0.2, -0.15) is 13.2 Å². The monoisotopic (exact) mass is 329 g/mol. The van der Waals surface area contributed by atoms with Crippen molar-refractivity contribution >= 4 is 25.6 Å². The Bertz CT molecular complexity index is 601. The Kier molecular flexibility index (Phi) is 5.04. The van der Waals surface area contributed by atoms with Crippen LogP contribution >= 0.6 is 10.7 Å². The van der Waals surface area contributed by atoms with E-state index in [-0.39, 0.29) is 10.5 Å². The highest BCUT2D eigenvalue weighted by Gasteiger charge is 2.28. The fraction of sp³-hybridized carbons (Fsp3) is 0.364. The Morgan fingerprint density at radius 2 is 1.95 bits per heavy atom. The van der Waals surface area contributed by atoms with Crippen LogP contribution in [-0.2, 0) is 9.05 Å². The Hall–Kier alpha value is -1.28. The van der Waals surface area contributed by atoms with E-state index in [1.165, 1.54) is 25.2 Å². The molecule has 0 aliphatic rings. The summed E-state index contributed by atoms with van der Waals surface area (Å²) >= 11 is 0. The van der Waals surface area contributed by atoms with Crippen LogP contribution in [0.25, 0.3) is 0 Å². The molecule has 0 fully saturated rings. The van der Waals surface area contributed by atoms with Gasteiger partial charge in [-0.25, -0.2) is 8.42 Å². The van der Waals surface area contributed by atoms with Crippen LogP contribution in [-0.4, -0.2) is 39.0 Å². The van der Waals surface area contributed by atoms with Crippen LogP contribution in [0.15, 0.2) is 29.2 Å². The van der Waals surface area contributed by atoms with Gasteiger partial charge in [0.15, 0.2) is 0 Å². The minimum absolute atomic E-state index is 0.0450. The van der Waals surface area contributed by atoms with Crippen LogP contribution in [0.4, 0.5) is 13.2 Å². The lowest BCUT2D eigenvalue weighted by molar-refractivity contribution is -0.136. The van der Waals surface area contributed by atoms with E-state index >= 15 is 0 Å². The van der Waals surface area contributed by atoms with E-state index in [1.54, 1.807) is 0 Å². The first-order chi connectivity index (χ1) is 9.00. The normalized spacial score (nSPS) is 12.2. The van der Waals surface area contributed by atoms with E-state index in [2.05, 4.69) is 0 Å². The molecule has 0 atom stereocenters. The molecule has 9 heteroatoms. The lowest BCUT2D eigenvalue weighted by atomic mass is 10.2. The Morgan fingerprint density at radius 1 is 1.35 bits per heavy atom. The van der Waals surface area contributed by atoms with Gasteiger partial charge in [-0.3, -0.25) is 4.79 Å². The summed E-state index contributed by atoms with van der Waals surface area (Å²) in [5.41, 5.74) is -0.0450. The van der Waals surface area contributed by atoms with Gasteiger partial charge in [0.1, 0.15) is 0 Å². The summed E-state index contributed by atoms with van der Waals surface area (Å²) in [6.45, 7) is -0.514. The molecule has 0 N–H and O–H groups in total. The van der Waals surface area contributed by atoms with Gasteiger partial charge < -0.3 is 4.90 Å². The number of carbonyl (C=O) groups is 1. The topological polar surface area (TPSA) is 54.5 Å². The van der Waals surface area contributed by atoms with Gasteiger partial charge in [0.05, 0.1) is 11.3 Å². The van der Waals surface area contributed by atoms with E-state index in [1.807, 2.05) is 0 Å². The zero-order chi connectivity index (χ0) is 15.6. The summed E-state index contributed by atoms with van der Waals surface area (Å²) < 4.78 is 58.5. The molecule has 4 nitrogen and oxygen atoms in total. The highest BCUT2D eigenvalue weighted by atomic mass is 35.7. The first-order valence-electron chi connectivity index (χ1n) is 5.37. The number of alkyl halides is 3. The van der Waals surface area contributed by atoms with Gasteiger partial charge in [-0.1, -0.05) is 6.07 Å². The molecule has 0 aliphatic heterocycles. The van der Waals surface area contributed by atoms with Crippen molar-refractivity contribution in [2.75, 3.05) is 13.6 Å². The molecule has 0 saturated heterocycles. The van der Waals surface area contributed by atoms with Gasteiger partial charge in [-0.05, 0) is 18.2 Å². The molecule has 112 valence electrons. The van der Waals surface area contributed by atoms with E-state index < -0.39 is 34.1 Å². The molecule has 0 radical (unpaired) electrons. The third-order valence-corrected chi connectivity index (χ3v) is 3.79. The second-order valence-electron chi connectivity index (χ2n) is 4.06. The highest BCUT2D eigenvalue weighted by molar-refractivity contribution is 8.13. The highest BCUT2D eigenvalue weighted by Crippen LogP contribution is 2.21. The lowest BCUT2D eigenvalue weighted by Gasteiger charge is -2.18. The summed E-state index contributed by atoms with van der Waals surface area (Å²) in [6.07, 6.45) is -5.50. The third-order valence-electron chi connectivity index (χ3n) is 2.44. The van der Waals surface area contributed by atoms with Gasteiger partial charge >= 0.3 is 6.18 Å². The third kappa shape index (κ3) is 5.01. The van der Waals surface area contributed by atoms with E-state index in [9.17, 15) is 26.4 Å². The smallest absolute Gasteiger partial charge is 0.341 e. The average molecular weight is 330 g/mol. The number of nitrogens with zero attached hydrogens (tertiary/aromatic N) is 1. The Labute approximate surface area is 118 Å². The van der Waals surface area contributed by atoms with Crippen molar-refractivity contribution in [1.29, 1.82) is 0 Å². The number of carbonyl (C=O) groups excluding carboxylic acids is 1. The van der Waals surface area contributed by atoms with Crippen LogP contribution in [0, 0.1) is 0 Å². The molecule has 0 aromatic heterocycles. The van der Waals surface area contributed by atoms with Crippen LogP contribution in [0.1, 0.15) is 16.8 Å². The Morgan fingerprint density at radius 3 is 2.45 bits per heavy atom. The zero-order valence-electron chi connectivity index (χ0n) is 10.3. The summed E-state index contributed by atoms with van der Waals surface area (Å²) in [6, 6.07) is 4.81. The molecular formula is C11H11ClF3NO3S. The van der Waals surface area contributed by atoms with Gasteiger partial charge in [0.2, 0.25) is 0 Å². The fourth-order valence-electron chi connectivity index (χ4n) is 1.40. The van der Waals surface area contributed by atoms with Crippen molar-refractivity contribution in [2.24, 2.45) is 0 Å². The predicted molar refractivity (Wildman–Crippen MR) is 67.1 cm³/mol. The molecule has 1 rings (SSSR count). The molecule has 0 aliphatic carbocycles. The van der Waals surface area contributed by atoms with Gasteiger partial charge in [0, 0.05) is 29.8 Å². The standard InChI is InChI=1S/C11H11ClF3NO3S/c1-16(6-5-11(13,14)15)10(17)8-3-2-4-9(7-8)20(12,18)19/h2-4,7H,5-6H2,1H3. The van der Waals surface area contributed by atoms with Crippen molar-refractivity contribution < 1.29 is 26.4 Å². The minimum Gasteiger partial charge on any atom is -0.341 e. The summed E-state index contributed by atoms with van der Waals surface area (Å²) in [7, 11) is 2.34. The number of hydrogen-bond donors (Lipinski definition) is 0. The molecular weight excluding hydrogens is 319 g/mol. The molecule has 1 aromatic rings. The van der Waals surface area contributed by atoms with Crippen molar-refractivity contribution in [2.45, 2.75) is 17.5 Å². The van der Waals surface area contributed by atoms with Crippen LogP contribution in [0.3, 0.4) is 0 Å². The minimum atomic E-state index is -4.37. The Balaban J connectivity index is 2.87. The summed E-state index contributed by atoms with van der Waals surface area (Å²) in [5, 5.41) is 0. The zero-order valence-corrected chi connectivity index (χ0v) is 11.9. The maximum atomic E-state index is 12.1. The first-order valence-corrected chi connectivity index (χ1v) is 7.68. The summed E-state index contributed by atoms with van der Waals surface area (Å²) in [4.78, 5) is 12.4. The second kappa shape index (κ2) is 6.01. The molecule has 0 heterocycles. The quantitative estimate of drug-likeness (QED) is 0.798. The summed E-state index contributed by atoms with van der Waals surface area (Å²) in [5.74, 6) is -0.712. The molecule has 1 aromatic carbocycles. The fourth-order valence-corrected chi connectivity index (χ4v) is 2.19. The van der Waals surface area contributed by atoms with E-state index in [0.29, 0.717) is 0 Å². The van der Waals surface area contributed by atoms with Crippen LogP contribution < -0.4 is 0 Å². The molecule has 0 bridgehead atoms. The van der Waals surface area contributed by atoms with E-state index in [4.69, 9.17) is 10.7 Å². The average Bonchev–Trinajstić information content (AvgIpc) is 2.33. The molecule has 0 spiro atoms. The molecule has 0 unspecified atom stereocenters. The van der Waals surface area contributed by atoms with Gasteiger partial charge in [0.25, 0.3) is 15.0 Å². The number of halogens is 4.